The van der Waals surface area contributed by atoms with E-state index in [2.05, 4.69) is 102 Å². The average molecular weight is 575 g/mol. The third-order valence-electron chi connectivity index (χ3n) is 6.43. The van der Waals surface area contributed by atoms with E-state index in [0.717, 1.165) is 11.0 Å². The Morgan fingerprint density at radius 3 is 1.62 bits per heavy atom. The molecule has 2 nitrogen and oxygen atoms in total. The summed E-state index contributed by atoms with van der Waals surface area (Å²) < 4.78 is 5.40. The molecule has 1 aromatic heterocycles. The number of para-hydroxylation sites is 1. The quantitative estimate of drug-likeness (QED) is 0.0894. The number of rotatable bonds is 7. The molecule has 4 aromatic carbocycles. The van der Waals surface area contributed by atoms with Gasteiger partial charge in [0, 0.05) is 11.8 Å². The second-order valence-electron chi connectivity index (χ2n) is 8.27. The highest BCUT2D eigenvalue weighted by atomic mass is 127. The van der Waals surface area contributed by atoms with Crippen LogP contribution >= 0.6 is 29.9 Å². The van der Waals surface area contributed by atoms with E-state index in [4.69, 9.17) is 4.42 Å². The van der Waals surface area contributed by atoms with Crippen LogP contribution in [0.4, 0.5) is 0 Å². The lowest BCUT2D eigenvalue weighted by molar-refractivity contribution is 0.0956. The number of Topliss-reactive ketones (excluding diaryl/α,β-unsaturated/α-hetero) is 1. The van der Waals surface area contributed by atoms with Gasteiger partial charge in [0.1, 0.15) is 28.8 Å². The Labute approximate surface area is 214 Å². The minimum Gasteiger partial charge on any atom is -0.453 e. The molecule has 4 heteroatoms. The molecule has 0 N–H and O–H groups in total. The first-order chi connectivity index (χ1) is 16.6. The first-order valence-electron chi connectivity index (χ1n) is 11.4. The van der Waals surface area contributed by atoms with E-state index < -0.39 is 10.4 Å². The van der Waals surface area contributed by atoms with E-state index in [-0.39, 0.29) is 5.78 Å². The summed E-state index contributed by atoms with van der Waals surface area (Å²) in [5, 5.41) is 4.51. The van der Waals surface area contributed by atoms with Gasteiger partial charge in [0.15, 0.2) is 5.76 Å². The Bertz CT molecular complexity index is 1280. The molecule has 0 aliphatic heterocycles. The molecule has 5 rings (SSSR count). The third kappa shape index (κ3) is 3.62. The molecule has 0 spiro atoms. The van der Waals surface area contributed by atoms with Gasteiger partial charge in [-0.15, -0.1) is 0 Å². The van der Waals surface area contributed by atoms with E-state index in [9.17, 15) is 4.79 Å². The molecule has 1 heterocycles. The minimum atomic E-state index is -2.46. The molecular formula is C30H25IO2P+. The van der Waals surface area contributed by atoms with E-state index in [1.807, 2.05) is 48.5 Å². The van der Waals surface area contributed by atoms with Gasteiger partial charge in [-0.25, -0.2) is 0 Å². The van der Waals surface area contributed by atoms with Crippen molar-refractivity contribution in [2.75, 3.05) is 0 Å². The van der Waals surface area contributed by atoms with Crippen molar-refractivity contribution in [1.82, 2.24) is 0 Å². The molecule has 0 aliphatic carbocycles. The Morgan fingerprint density at radius 1 is 0.735 bits per heavy atom. The van der Waals surface area contributed by atoms with Crippen LogP contribution in [-0.2, 0) is 0 Å². The average Bonchev–Trinajstić information content (AvgIpc) is 3.35. The van der Waals surface area contributed by atoms with Crippen LogP contribution in [0.1, 0.15) is 23.9 Å². The summed E-state index contributed by atoms with van der Waals surface area (Å²) in [5.74, 6) is 0.460. The topological polar surface area (TPSA) is 30.2 Å². The predicted octanol–water partition coefficient (Wildman–Crippen LogP) is 7.15. The van der Waals surface area contributed by atoms with Crippen molar-refractivity contribution in [1.29, 1.82) is 0 Å². The first-order valence-corrected chi connectivity index (χ1v) is 14.3. The summed E-state index contributed by atoms with van der Waals surface area (Å²) >= 11 is 2.46. The molecule has 0 aliphatic rings. The van der Waals surface area contributed by atoms with Crippen molar-refractivity contribution in [3.8, 4) is 0 Å². The van der Waals surface area contributed by atoms with Crippen LogP contribution in [-0.4, -0.2) is 8.95 Å². The lowest BCUT2D eigenvalue weighted by Gasteiger charge is -2.39. The van der Waals surface area contributed by atoms with Crippen molar-refractivity contribution in [3.63, 3.8) is 0 Å². The van der Waals surface area contributed by atoms with Gasteiger partial charge in [0.2, 0.25) is 3.16 Å². The summed E-state index contributed by atoms with van der Waals surface area (Å²) in [5.41, 5.74) is 0.740. The zero-order valence-electron chi connectivity index (χ0n) is 18.9. The summed E-state index contributed by atoms with van der Waals surface area (Å²) in [6.45, 7) is 2.12. The summed E-state index contributed by atoms with van der Waals surface area (Å²) in [7, 11) is -2.46. The van der Waals surface area contributed by atoms with Gasteiger partial charge in [0.25, 0.3) is 5.78 Å². The number of halogens is 1. The van der Waals surface area contributed by atoms with E-state index in [1.165, 1.54) is 15.9 Å². The standard InChI is InChI=1S/C30H25IO2P/c1-2-30(31,29(32)28-22-23-14-12-13-21-27(23)33-28)34(24-15-6-3-7-16-24,25-17-8-4-9-18-25)26-19-10-5-11-20-26/h3-22H,2H2,1H3/q+1. The molecule has 34 heavy (non-hydrogen) atoms. The molecule has 1 atom stereocenters. The second kappa shape index (κ2) is 9.48. The van der Waals surface area contributed by atoms with Crippen molar-refractivity contribution in [2.24, 2.45) is 0 Å². The lowest BCUT2D eigenvalue weighted by Crippen LogP contribution is -2.48. The summed E-state index contributed by atoms with van der Waals surface area (Å²) in [6, 6.07) is 41.4. The van der Waals surface area contributed by atoms with Gasteiger partial charge in [-0.2, -0.15) is 0 Å². The Balaban J connectivity index is 1.85. The number of carbonyl (C=O) groups is 1. The predicted molar refractivity (Wildman–Crippen MR) is 153 cm³/mol. The monoisotopic (exact) mass is 575 g/mol. The highest BCUT2D eigenvalue weighted by Gasteiger charge is 2.65. The maximum Gasteiger partial charge on any atom is 0.252 e. The zero-order valence-corrected chi connectivity index (χ0v) is 21.9. The molecule has 0 radical (unpaired) electrons. The summed E-state index contributed by atoms with van der Waals surface area (Å²) in [6.07, 6.45) is 0.663. The Morgan fingerprint density at radius 2 is 1.18 bits per heavy atom. The maximum absolute atomic E-state index is 14.6. The fourth-order valence-corrected chi connectivity index (χ4v) is 12.5. The fourth-order valence-electron chi connectivity index (χ4n) is 4.85. The molecule has 0 bridgehead atoms. The highest BCUT2D eigenvalue weighted by molar-refractivity contribution is 14.1. The molecule has 0 amide bonds. The molecule has 0 fully saturated rings. The van der Waals surface area contributed by atoms with Crippen molar-refractivity contribution in [2.45, 2.75) is 16.5 Å². The largest absolute Gasteiger partial charge is 0.453 e. The molecule has 168 valence electrons. The number of furan rings is 1. The third-order valence-corrected chi connectivity index (χ3v) is 14.7. The summed E-state index contributed by atoms with van der Waals surface area (Å²) in [4.78, 5) is 14.6. The number of benzene rings is 4. The number of hydrogen-bond acceptors (Lipinski definition) is 2. The maximum atomic E-state index is 14.6. The number of hydrogen-bond donors (Lipinski definition) is 0. The van der Waals surface area contributed by atoms with Gasteiger partial charge >= 0.3 is 0 Å². The van der Waals surface area contributed by atoms with Gasteiger partial charge in [0.05, 0.1) is 0 Å². The van der Waals surface area contributed by atoms with Crippen LogP contribution in [0.5, 0.6) is 0 Å². The molecular weight excluding hydrogens is 550 g/mol. The van der Waals surface area contributed by atoms with Gasteiger partial charge in [-0.3, -0.25) is 4.79 Å². The fraction of sp³-hybridized carbons (Fsp3) is 0.100. The number of carbonyl (C=O) groups excluding carboxylic acids is 1. The van der Waals surface area contributed by atoms with E-state index in [1.54, 1.807) is 0 Å². The molecule has 0 saturated heterocycles. The van der Waals surface area contributed by atoms with E-state index in [0.29, 0.717) is 12.2 Å². The van der Waals surface area contributed by atoms with Crippen LogP contribution in [0.2, 0.25) is 0 Å². The van der Waals surface area contributed by atoms with Crippen LogP contribution in [0, 0.1) is 0 Å². The van der Waals surface area contributed by atoms with Crippen LogP contribution in [0.3, 0.4) is 0 Å². The molecule has 0 saturated carbocycles. The SMILES string of the molecule is CCC(I)(C(=O)c1cc2ccccc2o1)[P+](c1ccccc1)(c1ccccc1)c1ccccc1. The van der Waals surface area contributed by atoms with Crippen LogP contribution in [0.15, 0.2) is 126 Å². The highest BCUT2D eigenvalue weighted by Crippen LogP contribution is 2.71. The number of fused-ring (bicyclic) bond motifs is 1. The van der Waals surface area contributed by atoms with Gasteiger partial charge < -0.3 is 4.42 Å². The zero-order chi connectivity index (χ0) is 23.6. The number of alkyl halides is 1. The lowest BCUT2D eigenvalue weighted by atomic mass is 10.1. The van der Waals surface area contributed by atoms with Gasteiger partial charge in [-0.1, -0.05) is 79.7 Å². The molecule has 5 aromatic rings. The van der Waals surface area contributed by atoms with E-state index >= 15 is 0 Å². The van der Waals surface area contributed by atoms with Crippen LogP contribution < -0.4 is 15.9 Å². The smallest absolute Gasteiger partial charge is 0.252 e. The van der Waals surface area contributed by atoms with Crippen LogP contribution in [0.25, 0.3) is 11.0 Å². The first kappa shape index (κ1) is 23.0. The Kier molecular flexibility index (Phi) is 6.42. The van der Waals surface area contributed by atoms with Gasteiger partial charge in [-0.05, 0) is 71.1 Å². The van der Waals surface area contributed by atoms with Crippen molar-refractivity contribution in [3.05, 3.63) is 127 Å². The van der Waals surface area contributed by atoms with Crippen molar-refractivity contribution < 1.29 is 9.21 Å². The second-order valence-corrected chi connectivity index (χ2v) is 14.6. The molecule has 1 unspecified atom stereocenters. The normalized spacial score (nSPS) is 13.5. The number of ketones is 1. The minimum absolute atomic E-state index is 0.0386. The van der Waals surface area contributed by atoms with Crippen molar-refractivity contribution >= 4 is 62.5 Å². The Hall–Kier alpha value is -2.75.